The van der Waals surface area contributed by atoms with E-state index in [0.717, 1.165) is 0 Å². The second kappa shape index (κ2) is 31.8. The fourth-order valence-corrected chi connectivity index (χ4v) is 0.664. The van der Waals surface area contributed by atoms with E-state index in [9.17, 15) is 9.90 Å². The summed E-state index contributed by atoms with van der Waals surface area (Å²) in [5.41, 5.74) is 0.685. The number of ether oxygens (including phenoxy) is 1. The molecular weight excluding hydrogens is 332 g/mol. The van der Waals surface area contributed by atoms with Gasteiger partial charge in [0.2, 0.25) is 0 Å². The second-order valence-corrected chi connectivity index (χ2v) is 2.94. The van der Waals surface area contributed by atoms with Gasteiger partial charge in [-0.25, -0.2) is 4.79 Å². The SMILES string of the molecule is C=C(C)[C@@H](O)[CH][CH][CH][CH]/C=C/C(=O)OC.[C-]#[O+].[C-]#[O+].[C-]#[O+].[Fe]. The smallest absolute Gasteiger partial charge is 0 e. The summed E-state index contributed by atoms with van der Waals surface area (Å²) in [7, 11) is 1.32. The van der Waals surface area contributed by atoms with Gasteiger partial charge in [-0.15, -0.1) is 0 Å². The average Bonchev–Trinajstić information content (AvgIpc) is 2.55. The van der Waals surface area contributed by atoms with Gasteiger partial charge in [-0.05, 0) is 32.6 Å². The Kier molecular flexibility index (Phi) is 47.1. The van der Waals surface area contributed by atoms with Crippen molar-refractivity contribution >= 4 is 5.97 Å². The van der Waals surface area contributed by atoms with Gasteiger partial charge in [0.1, 0.15) is 0 Å². The fourth-order valence-electron chi connectivity index (χ4n) is 0.664. The van der Waals surface area contributed by atoms with Crippen molar-refractivity contribution in [2.75, 3.05) is 7.11 Å². The summed E-state index contributed by atoms with van der Waals surface area (Å²) in [6, 6.07) is 0. The molecule has 0 fully saturated rings. The summed E-state index contributed by atoms with van der Waals surface area (Å²) >= 11 is 0. The van der Waals surface area contributed by atoms with Crippen LogP contribution in [0.4, 0.5) is 0 Å². The molecule has 4 radical (unpaired) electrons. The molecule has 0 saturated carbocycles. The van der Waals surface area contributed by atoms with Crippen molar-refractivity contribution in [2.45, 2.75) is 13.0 Å². The van der Waals surface area contributed by atoms with E-state index < -0.39 is 12.1 Å². The van der Waals surface area contributed by atoms with E-state index in [0.29, 0.717) is 5.57 Å². The third-order valence-electron chi connectivity index (χ3n) is 1.57. The zero-order chi connectivity index (χ0) is 17.7. The summed E-state index contributed by atoms with van der Waals surface area (Å²) in [6.45, 7) is 18.8. The summed E-state index contributed by atoms with van der Waals surface area (Å²) in [5.74, 6) is -0.398. The molecule has 0 bridgehead atoms. The third kappa shape index (κ3) is 31.2. The molecule has 0 rings (SSSR count). The van der Waals surface area contributed by atoms with E-state index in [4.69, 9.17) is 14.0 Å². The van der Waals surface area contributed by atoms with Crippen molar-refractivity contribution in [1.82, 2.24) is 0 Å². The van der Waals surface area contributed by atoms with E-state index in [1.54, 1.807) is 38.7 Å². The molecule has 0 amide bonds. The van der Waals surface area contributed by atoms with Crippen LogP contribution in [0.5, 0.6) is 0 Å². The van der Waals surface area contributed by atoms with Gasteiger partial charge in [-0.3, -0.25) is 0 Å². The van der Waals surface area contributed by atoms with E-state index >= 15 is 0 Å². The topological polar surface area (TPSA) is 106 Å². The monoisotopic (exact) mass is 348 g/mol. The molecule has 7 heteroatoms. The van der Waals surface area contributed by atoms with Crippen LogP contribution in [0.2, 0.25) is 0 Å². The number of aliphatic hydroxyl groups excluding tert-OH is 1. The third-order valence-corrected chi connectivity index (χ3v) is 1.57. The van der Waals surface area contributed by atoms with Gasteiger partial charge in [0.25, 0.3) is 0 Å². The number of carbonyl (C=O) groups excluding carboxylic acids is 1. The first-order chi connectivity index (χ1) is 10.1. The maximum Gasteiger partial charge on any atom is 0 e. The molecule has 0 saturated heterocycles. The molecule has 1 N–H and O–H groups in total. The molecule has 0 aliphatic rings. The number of rotatable bonds is 7. The predicted molar refractivity (Wildman–Crippen MR) is 71.0 cm³/mol. The van der Waals surface area contributed by atoms with Crippen LogP contribution in [-0.2, 0) is 40.6 Å². The number of methoxy groups -OCH3 is 1. The standard InChI is InChI=1S/C12H16O3.3CO.Fe/c1-10(2)11(13)8-6-4-5-7-9-12(14)15-3;3*1-2;/h4-9,11,13H,1H2,2-3H3;;;;/b9-7+;;;;/t11-;;;;/m0..../s1. The first kappa shape index (κ1) is 32.6. The number of hydrogen-bond donors (Lipinski definition) is 1. The van der Waals surface area contributed by atoms with Gasteiger partial charge in [0.05, 0.1) is 13.2 Å². The van der Waals surface area contributed by atoms with E-state index in [-0.39, 0.29) is 17.1 Å². The van der Waals surface area contributed by atoms with Crippen LogP contribution in [0.3, 0.4) is 0 Å². The van der Waals surface area contributed by atoms with E-state index in [1.165, 1.54) is 13.2 Å². The number of hydrogen-bond acceptors (Lipinski definition) is 3. The summed E-state index contributed by atoms with van der Waals surface area (Å²) in [6.07, 6.45) is 8.89. The molecule has 120 valence electrons. The molecule has 0 unspecified atom stereocenters. The molecule has 0 spiro atoms. The Morgan fingerprint density at radius 3 is 1.95 bits per heavy atom. The van der Waals surface area contributed by atoms with Crippen LogP contribution in [0.25, 0.3) is 0 Å². The van der Waals surface area contributed by atoms with Crippen LogP contribution in [0, 0.1) is 45.6 Å². The molecular formula is C15H16FeO6. The van der Waals surface area contributed by atoms with Crippen molar-refractivity contribution in [1.29, 1.82) is 0 Å². The number of aliphatic hydroxyl groups is 1. The average molecular weight is 348 g/mol. The minimum Gasteiger partial charge on any atom is 0 e. The van der Waals surface area contributed by atoms with Crippen molar-refractivity contribution in [3.8, 4) is 0 Å². The number of esters is 1. The normalized spacial score (nSPS) is 8.95. The number of allylic oxidation sites excluding steroid dienone is 1. The zero-order valence-electron chi connectivity index (χ0n) is 12.1. The molecule has 0 aromatic rings. The van der Waals surface area contributed by atoms with E-state index in [1.807, 2.05) is 0 Å². The van der Waals surface area contributed by atoms with Crippen LogP contribution >= 0.6 is 0 Å². The Morgan fingerprint density at radius 2 is 1.59 bits per heavy atom. The molecule has 22 heavy (non-hydrogen) atoms. The Morgan fingerprint density at radius 1 is 1.14 bits per heavy atom. The Hall–Kier alpha value is -1.35. The molecule has 0 aliphatic carbocycles. The Labute approximate surface area is 142 Å². The van der Waals surface area contributed by atoms with E-state index in [2.05, 4.69) is 31.3 Å². The van der Waals surface area contributed by atoms with Crippen molar-refractivity contribution in [3.05, 3.63) is 69.9 Å². The van der Waals surface area contributed by atoms with Crippen LogP contribution in [0.1, 0.15) is 6.92 Å². The molecule has 0 heterocycles. The van der Waals surface area contributed by atoms with Gasteiger partial charge >= 0.3 is 39.9 Å². The summed E-state index contributed by atoms with van der Waals surface area (Å²) in [4.78, 5) is 10.6. The maximum atomic E-state index is 10.6. The maximum absolute atomic E-state index is 10.6. The van der Waals surface area contributed by atoms with Crippen LogP contribution in [-0.4, -0.2) is 24.3 Å². The van der Waals surface area contributed by atoms with Crippen molar-refractivity contribution in [2.24, 2.45) is 0 Å². The van der Waals surface area contributed by atoms with Gasteiger partial charge in [0.15, 0.2) is 0 Å². The fraction of sp³-hybridized carbons (Fsp3) is 0.200. The zero-order valence-corrected chi connectivity index (χ0v) is 13.2. The number of unbranched alkanes of at least 4 members (excludes halogenated alkanes) is 2. The van der Waals surface area contributed by atoms with Gasteiger partial charge < -0.3 is 9.84 Å². The van der Waals surface area contributed by atoms with Crippen LogP contribution < -0.4 is 0 Å². The Balaban J connectivity index is -0.000000122. The summed E-state index contributed by atoms with van der Waals surface area (Å²) < 4.78 is 26.9. The minimum absolute atomic E-state index is 0. The molecule has 1 atom stereocenters. The quantitative estimate of drug-likeness (QED) is 0.143. The van der Waals surface area contributed by atoms with Crippen LogP contribution in [0.15, 0.2) is 24.3 Å². The molecule has 6 nitrogen and oxygen atoms in total. The van der Waals surface area contributed by atoms with Gasteiger partial charge in [0, 0.05) is 23.1 Å². The molecule has 0 aromatic carbocycles. The Bertz CT molecular complexity index is 329. The van der Waals surface area contributed by atoms with Crippen molar-refractivity contribution in [3.63, 3.8) is 0 Å². The van der Waals surface area contributed by atoms with Gasteiger partial charge in [-0.2, -0.15) is 0 Å². The van der Waals surface area contributed by atoms with Crippen molar-refractivity contribution < 1.29 is 45.7 Å². The predicted octanol–water partition coefficient (Wildman–Crippen LogP) is 1.35. The summed E-state index contributed by atoms with van der Waals surface area (Å²) in [5, 5.41) is 9.30. The minimum atomic E-state index is -0.626. The van der Waals surface area contributed by atoms with Gasteiger partial charge in [-0.1, -0.05) is 18.2 Å². The first-order valence-electron chi connectivity index (χ1n) is 5.12. The largest absolute Gasteiger partial charge is 0 e. The molecule has 0 aliphatic heterocycles. The second-order valence-electron chi connectivity index (χ2n) is 2.94. The first-order valence-corrected chi connectivity index (χ1v) is 5.12. The number of carbonyl (C=O) groups is 1. The molecule has 0 aromatic heterocycles.